The fraction of sp³-hybridized carbons (Fsp3) is 0.471. The third-order valence-electron chi connectivity index (χ3n) is 4.24. The monoisotopic (exact) mass is 342 g/mol. The van der Waals surface area contributed by atoms with E-state index in [4.69, 9.17) is 0 Å². The summed E-state index contributed by atoms with van der Waals surface area (Å²) in [5.74, 6) is 0.527. The number of benzene rings is 1. The molecule has 8 heteroatoms. The quantitative estimate of drug-likeness (QED) is 0.805. The largest absolute Gasteiger partial charge is 0.325 e. The van der Waals surface area contributed by atoms with Crippen molar-refractivity contribution in [2.45, 2.75) is 45.8 Å². The standard InChI is InChI=1S/C17H22N6O2/c1-12(2)9-17(3)15(24)22(16(25)18-17)11-14-19-20-21-23(14)10-13-7-5-4-6-8-13/h4-8,12H,9-11H2,1-3H3,(H,18,25)/t17-/m1/s1. The number of rotatable bonds is 6. The molecule has 1 atom stereocenters. The second-order valence-electron chi connectivity index (χ2n) is 6.99. The van der Waals surface area contributed by atoms with Crippen molar-refractivity contribution in [2.24, 2.45) is 5.92 Å². The van der Waals surface area contributed by atoms with E-state index in [9.17, 15) is 9.59 Å². The van der Waals surface area contributed by atoms with Crippen LogP contribution in [0, 0.1) is 5.92 Å². The molecule has 0 unspecified atom stereocenters. The third kappa shape index (κ3) is 3.52. The topological polar surface area (TPSA) is 93.0 Å². The maximum atomic E-state index is 12.7. The highest BCUT2D eigenvalue weighted by Gasteiger charge is 2.48. The molecule has 1 fully saturated rings. The molecule has 1 aliphatic heterocycles. The zero-order valence-corrected chi connectivity index (χ0v) is 14.6. The Morgan fingerprint density at radius 1 is 1.16 bits per heavy atom. The van der Waals surface area contributed by atoms with Gasteiger partial charge in [0.25, 0.3) is 5.91 Å². The molecule has 8 nitrogen and oxygen atoms in total. The van der Waals surface area contributed by atoms with Crippen molar-refractivity contribution in [3.8, 4) is 0 Å². The van der Waals surface area contributed by atoms with Crippen molar-refractivity contribution < 1.29 is 9.59 Å². The summed E-state index contributed by atoms with van der Waals surface area (Å²) in [6.07, 6.45) is 0.586. The van der Waals surface area contributed by atoms with Gasteiger partial charge in [-0.25, -0.2) is 9.48 Å². The highest BCUT2D eigenvalue weighted by Crippen LogP contribution is 2.25. The van der Waals surface area contributed by atoms with Gasteiger partial charge in [0.05, 0.1) is 13.1 Å². The van der Waals surface area contributed by atoms with Crippen LogP contribution >= 0.6 is 0 Å². The first-order valence-corrected chi connectivity index (χ1v) is 8.32. The zero-order chi connectivity index (χ0) is 18.0. The van der Waals surface area contributed by atoms with E-state index in [1.165, 1.54) is 4.90 Å². The lowest BCUT2D eigenvalue weighted by Gasteiger charge is -2.23. The van der Waals surface area contributed by atoms with Crippen LogP contribution in [0.15, 0.2) is 30.3 Å². The number of tetrazole rings is 1. The van der Waals surface area contributed by atoms with Crippen LogP contribution in [0.3, 0.4) is 0 Å². The van der Waals surface area contributed by atoms with Gasteiger partial charge in [-0.05, 0) is 35.3 Å². The molecule has 0 saturated carbocycles. The molecule has 0 aliphatic carbocycles. The number of carbonyl (C=O) groups is 2. The molecule has 1 saturated heterocycles. The summed E-state index contributed by atoms with van der Waals surface area (Å²) >= 11 is 0. The van der Waals surface area contributed by atoms with Gasteiger partial charge < -0.3 is 5.32 Å². The fourth-order valence-corrected chi connectivity index (χ4v) is 3.20. The van der Waals surface area contributed by atoms with Crippen LogP contribution in [0.25, 0.3) is 0 Å². The molecular formula is C17H22N6O2. The SMILES string of the molecule is CC(C)C[C@@]1(C)NC(=O)N(Cc2nnnn2Cc2ccccc2)C1=O. The highest BCUT2D eigenvalue weighted by atomic mass is 16.2. The van der Waals surface area contributed by atoms with E-state index in [0.717, 1.165) is 5.56 Å². The lowest BCUT2D eigenvalue weighted by Crippen LogP contribution is -2.45. The lowest BCUT2D eigenvalue weighted by molar-refractivity contribution is -0.131. The van der Waals surface area contributed by atoms with Crippen LogP contribution in [-0.4, -0.2) is 42.6 Å². The summed E-state index contributed by atoms with van der Waals surface area (Å²) in [6, 6.07) is 9.36. The van der Waals surface area contributed by atoms with Crippen LogP contribution < -0.4 is 5.32 Å². The molecule has 0 bridgehead atoms. The van der Waals surface area contributed by atoms with Crippen LogP contribution in [0.5, 0.6) is 0 Å². The lowest BCUT2D eigenvalue weighted by atomic mass is 9.91. The molecule has 2 heterocycles. The number of aromatic nitrogens is 4. The molecule has 1 aliphatic rings. The first kappa shape index (κ1) is 17.1. The molecule has 2 aromatic rings. The molecule has 3 rings (SSSR count). The van der Waals surface area contributed by atoms with Crippen LogP contribution in [0.1, 0.15) is 38.6 Å². The molecular weight excluding hydrogens is 320 g/mol. The number of hydrogen-bond acceptors (Lipinski definition) is 5. The van der Waals surface area contributed by atoms with Crippen molar-refractivity contribution in [3.63, 3.8) is 0 Å². The van der Waals surface area contributed by atoms with Gasteiger partial charge in [0.1, 0.15) is 5.54 Å². The molecule has 25 heavy (non-hydrogen) atoms. The minimum Gasteiger partial charge on any atom is -0.323 e. The molecule has 1 aromatic heterocycles. The normalized spacial score (nSPS) is 20.4. The van der Waals surface area contributed by atoms with E-state index < -0.39 is 11.6 Å². The van der Waals surface area contributed by atoms with Gasteiger partial charge in [-0.3, -0.25) is 9.69 Å². The Morgan fingerprint density at radius 3 is 2.56 bits per heavy atom. The Hall–Kier alpha value is -2.77. The second kappa shape index (κ2) is 6.62. The molecule has 0 spiro atoms. The number of amides is 3. The number of imide groups is 1. The minimum absolute atomic E-state index is 0.0538. The summed E-state index contributed by atoms with van der Waals surface area (Å²) < 4.78 is 1.61. The van der Waals surface area contributed by atoms with Gasteiger partial charge in [0.2, 0.25) is 0 Å². The molecule has 0 radical (unpaired) electrons. The van der Waals surface area contributed by atoms with Crippen LogP contribution in [0.2, 0.25) is 0 Å². The van der Waals surface area contributed by atoms with Crippen LogP contribution in [-0.2, 0) is 17.9 Å². The summed E-state index contributed by atoms with van der Waals surface area (Å²) in [6.45, 7) is 6.34. The van der Waals surface area contributed by atoms with Gasteiger partial charge in [-0.1, -0.05) is 44.2 Å². The minimum atomic E-state index is -0.872. The predicted molar refractivity (Wildman–Crippen MR) is 90.3 cm³/mol. The van der Waals surface area contributed by atoms with Gasteiger partial charge in [-0.2, -0.15) is 0 Å². The number of nitrogens with zero attached hydrogens (tertiary/aromatic N) is 5. The van der Waals surface area contributed by atoms with E-state index in [-0.39, 0.29) is 18.4 Å². The summed E-state index contributed by atoms with van der Waals surface area (Å²) in [5.41, 5.74) is 0.168. The first-order valence-electron chi connectivity index (χ1n) is 8.32. The van der Waals surface area contributed by atoms with Gasteiger partial charge in [0, 0.05) is 0 Å². The summed E-state index contributed by atoms with van der Waals surface area (Å²) in [5, 5.41) is 14.4. The molecule has 1 N–H and O–H groups in total. The molecule has 3 amide bonds. The molecule has 132 valence electrons. The maximum Gasteiger partial charge on any atom is 0.325 e. The average molecular weight is 342 g/mol. The van der Waals surface area contributed by atoms with Gasteiger partial charge in [0.15, 0.2) is 5.82 Å². The van der Waals surface area contributed by atoms with E-state index in [1.54, 1.807) is 11.6 Å². The smallest absolute Gasteiger partial charge is 0.323 e. The Morgan fingerprint density at radius 2 is 1.88 bits per heavy atom. The van der Waals surface area contributed by atoms with Gasteiger partial charge in [-0.15, -0.1) is 5.10 Å². The average Bonchev–Trinajstić information content (AvgIpc) is 3.06. The van der Waals surface area contributed by atoms with Crippen molar-refractivity contribution in [1.29, 1.82) is 0 Å². The van der Waals surface area contributed by atoms with E-state index in [0.29, 0.717) is 18.8 Å². The highest BCUT2D eigenvalue weighted by molar-refractivity contribution is 6.06. The maximum absolute atomic E-state index is 12.7. The van der Waals surface area contributed by atoms with Crippen molar-refractivity contribution in [3.05, 3.63) is 41.7 Å². The predicted octanol–water partition coefficient (Wildman–Crippen LogP) is 1.58. The van der Waals surface area contributed by atoms with Crippen molar-refractivity contribution in [2.75, 3.05) is 0 Å². The third-order valence-corrected chi connectivity index (χ3v) is 4.24. The number of hydrogen-bond donors (Lipinski definition) is 1. The zero-order valence-electron chi connectivity index (χ0n) is 14.6. The van der Waals surface area contributed by atoms with Gasteiger partial charge >= 0.3 is 6.03 Å². The van der Waals surface area contributed by atoms with E-state index in [2.05, 4.69) is 20.8 Å². The van der Waals surface area contributed by atoms with Crippen LogP contribution in [0.4, 0.5) is 4.79 Å². The fourth-order valence-electron chi connectivity index (χ4n) is 3.20. The van der Waals surface area contributed by atoms with Crippen molar-refractivity contribution >= 4 is 11.9 Å². The van der Waals surface area contributed by atoms with E-state index >= 15 is 0 Å². The Bertz CT molecular complexity index is 772. The molecule has 1 aromatic carbocycles. The Labute approximate surface area is 146 Å². The Kier molecular flexibility index (Phi) is 4.52. The van der Waals surface area contributed by atoms with E-state index in [1.807, 2.05) is 44.2 Å². The summed E-state index contributed by atoms with van der Waals surface area (Å²) in [4.78, 5) is 26.2. The van der Waals surface area contributed by atoms with Crippen molar-refractivity contribution in [1.82, 2.24) is 30.4 Å². The Balaban J connectivity index is 1.76. The number of nitrogens with one attached hydrogen (secondary N) is 1. The second-order valence-corrected chi connectivity index (χ2v) is 6.99. The first-order chi connectivity index (χ1) is 11.9. The summed E-state index contributed by atoms with van der Waals surface area (Å²) in [7, 11) is 0. The number of carbonyl (C=O) groups excluding carboxylic acids is 2. The number of urea groups is 1.